The fourth-order valence-electron chi connectivity index (χ4n) is 4.17. The molecule has 2 aromatic heterocycles. The van der Waals surface area contributed by atoms with Gasteiger partial charge in [-0.25, -0.2) is 9.97 Å². The molecule has 0 spiro atoms. The Labute approximate surface area is 185 Å². The first-order valence-corrected chi connectivity index (χ1v) is 10.9. The SMILES string of the molecule is O=C(c1ccc2ccccc2n1)N1CCCCC1c1ncc(Cc2cccc(Cl)c2)o1. The van der Waals surface area contributed by atoms with E-state index < -0.39 is 0 Å². The molecule has 2 aromatic carbocycles. The van der Waals surface area contributed by atoms with Crippen LogP contribution < -0.4 is 0 Å². The Morgan fingerprint density at radius 3 is 2.90 bits per heavy atom. The van der Waals surface area contributed by atoms with Gasteiger partial charge >= 0.3 is 0 Å². The van der Waals surface area contributed by atoms with Crippen molar-refractivity contribution in [2.75, 3.05) is 6.54 Å². The number of hydrogen-bond acceptors (Lipinski definition) is 4. The highest BCUT2D eigenvalue weighted by Crippen LogP contribution is 2.32. The average Bonchev–Trinajstić information content (AvgIpc) is 3.26. The van der Waals surface area contributed by atoms with Gasteiger partial charge in [0.2, 0.25) is 5.89 Å². The number of aromatic nitrogens is 2. The largest absolute Gasteiger partial charge is 0.443 e. The Balaban J connectivity index is 1.39. The quantitative estimate of drug-likeness (QED) is 0.407. The second kappa shape index (κ2) is 8.52. The molecule has 0 aliphatic carbocycles. The standard InChI is InChI=1S/C25H22ClN3O2/c26-19-8-5-6-17(14-19)15-20-16-27-24(31-20)23-10-3-4-13-29(23)25(30)22-12-11-18-7-1-2-9-21(18)28-22/h1-2,5-9,11-12,14,16,23H,3-4,10,13,15H2. The first-order valence-electron chi connectivity index (χ1n) is 10.5. The van der Waals surface area contributed by atoms with Gasteiger partial charge in [-0.05, 0) is 49.1 Å². The van der Waals surface area contributed by atoms with E-state index in [1.165, 1.54) is 0 Å². The molecule has 0 saturated carbocycles. The van der Waals surface area contributed by atoms with Crippen LogP contribution in [0.1, 0.15) is 53.0 Å². The van der Waals surface area contributed by atoms with Gasteiger partial charge < -0.3 is 9.32 Å². The third-order valence-corrected chi connectivity index (χ3v) is 5.94. The molecule has 0 bridgehead atoms. The highest BCUT2D eigenvalue weighted by molar-refractivity contribution is 6.30. The molecule has 1 unspecified atom stereocenters. The molecule has 1 aliphatic rings. The van der Waals surface area contributed by atoms with Gasteiger partial charge in [-0.1, -0.05) is 48.0 Å². The van der Waals surface area contributed by atoms with Crippen LogP contribution in [0.15, 0.2) is 71.3 Å². The summed E-state index contributed by atoms with van der Waals surface area (Å²) in [7, 11) is 0. The summed E-state index contributed by atoms with van der Waals surface area (Å²) in [5.74, 6) is 1.27. The lowest BCUT2D eigenvalue weighted by molar-refractivity contribution is 0.0564. The number of hydrogen-bond donors (Lipinski definition) is 0. The predicted octanol–water partition coefficient (Wildman–Crippen LogP) is 5.83. The van der Waals surface area contributed by atoms with Crippen molar-refractivity contribution in [3.05, 3.63) is 94.8 Å². The number of halogens is 1. The van der Waals surface area contributed by atoms with Crippen LogP contribution in [-0.4, -0.2) is 27.3 Å². The molecule has 0 radical (unpaired) electrons. The van der Waals surface area contributed by atoms with E-state index in [1.54, 1.807) is 12.3 Å². The van der Waals surface area contributed by atoms with Gasteiger partial charge in [-0.15, -0.1) is 0 Å². The third-order valence-electron chi connectivity index (χ3n) is 5.71. The number of piperidine rings is 1. The van der Waals surface area contributed by atoms with Crippen LogP contribution in [0.2, 0.25) is 5.02 Å². The number of pyridine rings is 1. The van der Waals surface area contributed by atoms with Crippen LogP contribution in [0.5, 0.6) is 0 Å². The minimum Gasteiger partial charge on any atom is -0.443 e. The van der Waals surface area contributed by atoms with Crippen molar-refractivity contribution in [1.82, 2.24) is 14.9 Å². The first-order chi connectivity index (χ1) is 15.2. The minimum absolute atomic E-state index is 0.0787. The number of benzene rings is 2. The molecule has 1 fully saturated rings. The molecule has 4 aromatic rings. The zero-order chi connectivity index (χ0) is 21.2. The lowest BCUT2D eigenvalue weighted by atomic mass is 10.0. The first kappa shape index (κ1) is 19.8. The smallest absolute Gasteiger partial charge is 0.273 e. The molecule has 156 valence electrons. The highest BCUT2D eigenvalue weighted by atomic mass is 35.5. The molecule has 1 saturated heterocycles. The maximum Gasteiger partial charge on any atom is 0.273 e. The Hall–Kier alpha value is -3.18. The number of carbonyl (C=O) groups is 1. The van der Waals surface area contributed by atoms with E-state index in [2.05, 4.69) is 9.97 Å². The number of nitrogens with zero attached hydrogens (tertiary/aromatic N) is 3. The molecule has 1 atom stereocenters. The van der Waals surface area contributed by atoms with Crippen molar-refractivity contribution in [1.29, 1.82) is 0 Å². The summed E-state index contributed by atoms with van der Waals surface area (Å²) < 4.78 is 6.08. The number of amides is 1. The Morgan fingerprint density at radius 1 is 1.10 bits per heavy atom. The molecule has 5 nitrogen and oxygen atoms in total. The van der Waals surface area contributed by atoms with Crippen LogP contribution in [-0.2, 0) is 6.42 Å². The number of likely N-dealkylation sites (tertiary alicyclic amines) is 1. The summed E-state index contributed by atoms with van der Waals surface area (Å²) in [6, 6.07) is 19.1. The van der Waals surface area contributed by atoms with Gasteiger partial charge in [0.15, 0.2) is 0 Å². The number of para-hydroxylation sites is 1. The summed E-state index contributed by atoms with van der Waals surface area (Å²) in [5, 5.41) is 1.72. The van der Waals surface area contributed by atoms with E-state index in [-0.39, 0.29) is 11.9 Å². The van der Waals surface area contributed by atoms with Crippen LogP contribution in [0.25, 0.3) is 10.9 Å². The van der Waals surface area contributed by atoms with E-state index in [4.69, 9.17) is 16.0 Å². The zero-order valence-electron chi connectivity index (χ0n) is 17.0. The molecule has 31 heavy (non-hydrogen) atoms. The van der Waals surface area contributed by atoms with E-state index in [0.29, 0.717) is 29.6 Å². The van der Waals surface area contributed by atoms with Gasteiger partial charge in [0.25, 0.3) is 5.91 Å². The van der Waals surface area contributed by atoms with Crippen molar-refractivity contribution in [2.45, 2.75) is 31.7 Å². The molecule has 3 heterocycles. The lowest BCUT2D eigenvalue weighted by Crippen LogP contribution is -2.39. The summed E-state index contributed by atoms with van der Waals surface area (Å²) in [4.78, 5) is 24.3. The van der Waals surface area contributed by atoms with Crippen molar-refractivity contribution in [2.24, 2.45) is 0 Å². The van der Waals surface area contributed by atoms with Crippen molar-refractivity contribution in [3.63, 3.8) is 0 Å². The van der Waals surface area contributed by atoms with Crippen LogP contribution in [0.3, 0.4) is 0 Å². The zero-order valence-corrected chi connectivity index (χ0v) is 17.8. The minimum atomic E-state index is -0.178. The molecule has 0 N–H and O–H groups in total. The second-order valence-electron chi connectivity index (χ2n) is 7.87. The molecular formula is C25H22ClN3O2. The van der Waals surface area contributed by atoms with E-state index in [1.807, 2.05) is 59.5 Å². The molecule has 6 heteroatoms. The van der Waals surface area contributed by atoms with Gasteiger partial charge in [0, 0.05) is 23.4 Å². The summed E-state index contributed by atoms with van der Waals surface area (Å²) >= 11 is 6.09. The fraction of sp³-hybridized carbons (Fsp3) is 0.240. The topological polar surface area (TPSA) is 59.2 Å². The fourth-order valence-corrected chi connectivity index (χ4v) is 4.38. The maximum absolute atomic E-state index is 13.3. The molecular weight excluding hydrogens is 410 g/mol. The normalized spacial score (nSPS) is 16.5. The van der Waals surface area contributed by atoms with Gasteiger partial charge in [-0.3, -0.25) is 4.79 Å². The van der Waals surface area contributed by atoms with Crippen LogP contribution in [0.4, 0.5) is 0 Å². The molecule has 1 amide bonds. The number of carbonyl (C=O) groups excluding carboxylic acids is 1. The Bertz CT molecular complexity index is 1240. The van der Waals surface area contributed by atoms with Crippen molar-refractivity contribution < 1.29 is 9.21 Å². The van der Waals surface area contributed by atoms with Crippen LogP contribution >= 0.6 is 11.6 Å². The van der Waals surface area contributed by atoms with Crippen molar-refractivity contribution in [3.8, 4) is 0 Å². The number of oxazole rings is 1. The summed E-state index contributed by atoms with van der Waals surface area (Å²) in [5.41, 5.74) is 2.34. The third kappa shape index (κ3) is 4.19. The molecule has 5 rings (SSSR count). The summed E-state index contributed by atoms with van der Waals surface area (Å²) in [6.45, 7) is 0.671. The molecule has 1 aliphatic heterocycles. The van der Waals surface area contributed by atoms with Gasteiger partial charge in [0.1, 0.15) is 17.5 Å². The van der Waals surface area contributed by atoms with Crippen LogP contribution in [0, 0.1) is 0 Å². The second-order valence-corrected chi connectivity index (χ2v) is 8.31. The monoisotopic (exact) mass is 431 g/mol. The maximum atomic E-state index is 13.3. The van der Waals surface area contributed by atoms with Gasteiger partial charge in [0.05, 0.1) is 11.7 Å². The predicted molar refractivity (Wildman–Crippen MR) is 120 cm³/mol. The number of rotatable bonds is 4. The lowest BCUT2D eigenvalue weighted by Gasteiger charge is -2.33. The Morgan fingerprint density at radius 2 is 2.00 bits per heavy atom. The summed E-state index contributed by atoms with van der Waals surface area (Å²) in [6.07, 6.45) is 5.19. The van der Waals surface area contributed by atoms with E-state index in [0.717, 1.165) is 41.5 Å². The van der Waals surface area contributed by atoms with E-state index in [9.17, 15) is 4.79 Å². The van der Waals surface area contributed by atoms with Crippen molar-refractivity contribution >= 4 is 28.4 Å². The van der Waals surface area contributed by atoms with E-state index >= 15 is 0 Å². The number of fused-ring (bicyclic) bond motifs is 1. The highest BCUT2D eigenvalue weighted by Gasteiger charge is 2.32. The Kier molecular flexibility index (Phi) is 5.43. The average molecular weight is 432 g/mol. The van der Waals surface area contributed by atoms with Gasteiger partial charge in [-0.2, -0.15) is 0 Å².